The molecule has 1 aliphatic rings. The summed E-state index contributed by atoms with van der Waals surface area (Å²) in [6.07, 6.45) is 0. The first-order valence-corrected chi connectivity index (χ1v) is 10.1. The van der Waals surface area contributed by atoms with Crippen molar-refractivity contribution in [2.75, 3.05) is 28.0 Å². The molecule has 0 bridgehead atoms. The third-order valence-corrected chi connectivity index (χ3v) is 5.54. The first-order valence-electron chi connectivity index (χ1n) is 8.52. The zero-order chi connectivity index (χ0) is 18.8. The number of rotatable bonds is 3. The summed E-state index contributed by atoms with van der Waals surface area (Å²) in [5.41, 5.74) is 2.81. The summed E-state index contributed by atoms with van der Waals surface area (Å²) in [5.74, 6) is 0. The number of urea groups is 1. The second kappa shape index (κ2) is 7.74. The second-order valence-electron chi connectivity index (χ2n) is 6.25. The lowest BCUT2D eigenvalue weighted by Gasteiger charge is -2.43. The first kappa shape index (κ1) is 18.1. The van der Waals surface area contributed by atoms with Crippen molar-refractivity contribution in [3.63, 3.8) is 0 Å². The molecule has 4 nitrogen and oxygen atoms in total. The maximum Gasteiger partial charge on any atom is 0.331 e. The van der Waals surface area contributed by atoms with Crippen molar-refractivity contribution in [1.29, 1.82) is 0 Å². The van der Waals surface area contributed by atoms with E-state index in [1.165, 1.54) is 0 Å². The third-order valence-electron chi connectivity index (χ3n) is 4.48. The van der Waals surface area contributed by atoms with Gasteiger partial charge in [-0.25, -0.2) is 4.79 Å². The van der Waals surface area contributed by atoms with Crippen molar-refractivity contribution < 1.29 is 4.79 Å². The standard InChI is InChI=1S/C21H17Br2N3O/c22-16-6-10-18(11-7-16)24-14-25(19-4-2-1-3-5-19)21(27)26(15-24)20-12-8-17(23)9-13-20/h1-13H,14-15H2. The minimum atomic E-state index is -0.0307. The van der Waals surface area contributed by atoms with Crippen molar-refractivity contribution in [3.05, 3.63) is 87.8 Å². The first-order chi connectivity index (χ1) is 13.1. The number of nitrogens with zero attached hydrogens (tertiary/aromatic N) is 3. The van der Waals surface area contributed by atoms with Gasteiger partial charge in [0.15, 0.2) is 0 Å². The molecule has 136 valence electrons. The number of anilines is 3. The van der Waals surface area contributed by atoms with Crippen LogP contribution in [0.2, 0.25) is 0 Å². The highest BCUT2D eigenvalue weighted by molar-refractivity contribution is 9.10. The smallest absolute Gasteiger partial charge is 0.331 e. The lowest BCUT2D eigenvalue weighted by Crippen LogP contribution is -2.59. The molecule has 1 fully saturated rings. The van der Waals surface area contributed by atoms with Crippen LogP contribution in [0.1, 0.15) is 0 Å². The summed E-state index contributed by atoms with van der Waals surface area (Å²) < 4.78 is 2.02. The molecule has 1 heterocycles. The molecule has 4 rings (SSSR count). The van der Waals surface area contributed by atoms with E-state index < -0.39 is 0 Å². The fourth-order valence-corrected chi connectivity index (χ4v) is 3.61. The number of para-hydroxylation sites is 1. The van der Waals surface area contributed by atoms with Gasteiger partial charge in [-0.3, -0.25) is 9.80 Å². The zero-order valence-corrected chi connectivity index (χ0v) is 17.6. The Labute approximate surface area is 175 Å². The Bertz CT molecular complexity index is 930. The molecule has 0 spiro atoms. The summed E-state index contributed by atoms with van der Waals surface area (Å²) in [6, 6.07) is 25.7. The molecule has 1 saturated heterocycles. The molecule has 0 saturated carbocycles. The van der Waals surface area contributed by atoms with Gasteiger partial charge in [0.05, 0.1) is 0 Å². The van der Waals surface area contributed by atoms with Crippen LogP contribution in [0.25, 0.3) is 0 Å². The van der Waals surface area contributed by atoms with Gasteiger partial charge in [0.1, 0.15) is 13.3 Å². The van der Waals surface area contributed by atoms with Crippen LogP contribution in [-0.2, 0) is 0 Å². The fourth-order valence-electron chi connectivity index (χ4n) is 3.08. The van der Waals surface area contributed by atoms with E-state index >= 15 is 0 Å². The molecule has 3 aromatic rings. The normalized spacial score (nSPS) is 14.6. The van der Waals surface area contributed by atoms with Gasteiger partial charge in [0, 0.05) is 26.0 Å². The van der Waals surface area contributed by atoms with Gasteiger partial charge in [-0.1, -0.05) is 50.1 Å². The largest absolute Gasteiger partial charge is 0.335 e. The molecule has 0 radical (unpaired) electrons. The zero-order valence-electron chi connectivity index (χ0n) is 14.4. The number of hydrogen-bond acceptors (Lipinski definition) is 2. The number of amides is 2. The van der Waals surface area contributed by atoms with Gasteiger partial charge in [-0.2, -0.15) is 0 Å². The SMILES string of the molecule is O=C1N(c2ccccc2)CN(c2ccc(Br)cc2)CN1c1ccc(Br)cc1. The molecular weight excluding hydrogens is 470 g/mol. The Balaban J connectivity index is 1.72. The lowest BCUT2D eigenvalue weighted by molar-refractivity contribution is 0.249. The Kier molecular flexibility index (Phi) is 5.18. The lowest BCUT2D eigenvalue weighted by atomic mass is 10.2. The minimum absolute atomic E-state index is 0.0307. The maximum atomic E-state index is 13.2. The molecular formula is C21H17Br2N3O. The molecule has 0 unspecified atom stereocenters. The van der Waals surface area contributed by atoms with E-state index in [1.54, 1.807) is 9.80 Å². The highest BCUT2D eigenvalue weighted by atomic mass is 79.9. The molecule has 6 heteroatoms. The second-order valence-corrected chi connectivity index (χ2v) is 8.08. The molecule has 27 heavy (non-hydrogen) atoms. The Morgan fingerprint density at radius 3 is 1.56 bits per heavy atom. The third kappa shape index (κ3) is 3.87. The highest BCUT2D eigenvalue weighted by Gasteiger charge is 2.32. The molecule has 2 amide bonds. The molecule has 1 aliphatic heterocycles. The van der Waals surface area contributed by atoms with E-state index in [0.29, 0.717) is 13.3 Å². The Hall–Kier alpha value is -2.31. The van der Waals surface area contributed by atoms with Crippen molar-refractivity contribution in [2.45, 2.75) is 0 Å². The van der Waals surface area contributed by atoms with E-state index in [4.69, 9.17) is 0 Å². The van der Waals surface area contributed by atoms with Gasteiger partial charge in [0.2, 0.25) is 0 Å². The van der Waals surface area contributed by atoms with Crippen LogP contribution in [0.4, 0.5) is 21.9 Å². The van der Waals surface area contributed by atoms with E-state index in [-0.39, 0.29) is 6.03 Å². The van der Waals surface area contributed by atoms with Crippen molar-refractivity contribution in [1.82, 2.24) is 0 Å². The summed E-state index contributed by atoms with van der Waals surface area (Å²) in [4.78, 5) is 19.0. The predicted molar refractivity (Wildman–Crippen MR) is 117 cm³/mol. The van der Waals surface area contributed by atoms with Crippen LogP contribution < -0.4 is 14.7 Å². The van der Waals surface area contributed by atoms with E-state index in [0.717, 1.165) is 26.0 Å². The Morgan fingerprint density at radius 2 is 1.04 bits per heavy atom. The quantitative estimate of drug-likeness (QED) is 0.448. The average molecular weight is 487 g/mol. The summed E-state index contributed by atoms with van der Waals surface area (Å²) in [6.45, 7) is 0.989. The van der Waals surface area contributed by atoms with Crippen molar-refractivity contribution >= 4 is 55.0 Å². The van der Waals surface area contributed by atoms with E-state index in [1.807, 2.05) is 66.7 Å². The summed E-state index contributed by atoms with van der Waals surface area (Å²) in [5, 5.41) is 0. The van der Waals surface area contributed by atoms with Crippen LogP contribution in [-0.4, -0.2) is 19.4 Å². The molecule has 0 aliphatic carbocycles. The molecule has 0 N–H and O–H groups in total. The van der Waals surface area contributed by atoms with Gasteiger partial charge in [-0.15, -0.1) is 0 Å². The van der Waals surface area contributed by atoms with Crippen LogP contribution in [0.3, 0.4) is 0 Å². The topological polar surface area (TPSA) is 26.8 Å². The van der Waals surface area contributed by atoms with Gasteiger partial charge < -0.3 is 4.90 Å². The van der Waals surface area contributed by atoms with Gasteiger partial charge >= 0.3 is 6.03 Å². The van der Waals surface area contributed by atoms with E-state index in [2.05, 4.69) is 48.9 Å². The molecule has 3 aromatic carbocycles. The van der Waals surface area contributed by atoms with Crippen LogP contribution in [0.15, 0.2) is 87.8 Å². The maximum absolute atomic E-state index is 13.2. The van der Waals surface area contributed by atoms with Crippen LogP contribution >= 0.6 is 31.9 Å². The number of carbonyl (C=O) groups excluding carboxylic acids is 1. The van der Waals surface area contributed by atoms with E-state index in [9.17, 15) is 4.79 Å². The van der Waals surface area contributed by atoms with Gasteiger partial charge in [0.25, 0.3) is 0 Å². The summed E-state index contributed by atoms with van der Waals surface area (Å²) in [7, 11) is 0. The Morgan fingerprint density at radius 1 is 0.593 bits per heavy atom. The fraction of sp³-hybridized carbons (Fsp3) is 0.0952. The average Bonchev–Trinajstić information content (AvgIpc) is 2.70. The van der Waals surface area contributed by atoms with Crippen molar-refractivity contribution in [3.8, 4) is 0 Å². The van der Waals surface area contributed by atoms with Crippen LogP contribution in [0.5, 0.6) is 0 Å². The van der Waals surface area contributed by atoms with Gasteiger partial charge in [-0.05, 0) is 60.7 Å². The number of hydrogen-bond donors (Lipinski definition) is 0. The predicted octanol–water partition coefficient (Wildman–Crippen LogP) is 6.08. The minimum Gasteiger partial charge on any atom is -0.335 e. The number of benzene rings is 3. The monoisotopic (exact) mass is 485 g/mol. The van der Waals surface area contributed by atoms with Crippen molar-refractivity contribution in [2.24, 2.45) is 0 Å². The van der Waals surface area contributed by atoms with Crippen LogP contribution in [0, 0.1) is 0 Å². The molecule has 0 atom stereocenters. The highest BCUT2D eigenvalue weighted by Crippen LogP contribution is 2.29. The summed E-state index contributed by atoms with van der Waals surface area (Å²) >= 11 is 6.94. The number of halogens is 2. The number of carbonyl (C=O) groups is 1. The molecule has 0 aromatic heterocycles.